The standard InChI is InChI=1S/C23H18ClFN4/c1-27-12-19(23(26)15-6-9-17(25)10-7-15)16-8-11-22-28-13-21(29(22)14-16)18-4-2-3-5-20(18)24/h2-14H,26H2,1H3. The number of imidazole rings is 1. The Morgan fingerprint density at radius 1 is 1.07 bits per heavy atom. The third kappa shape index (κ3) is 3.65. The summed E-state index contributed by atoms with van der Waals surface area (Å²) in [5, 5.41) is 0.649. The number of benzene rings is 2. The van der Waals surface area contributed by atoms with Crippen LogP contribution in [0.25, 0.3) is 28.2 Å². The topological polar surface area (TPSA) is 55.7 Å². The Bertz CT molecular complexity index is 1240. The third-order valence-corrected chi connectivity index (χ3v) is 5.00. The third-order valence-electron chi connectivity index (χ3n) is 4.67. The van der Waals surface area contributed by atoms with Gasteiger partial charge in [-0.15, -0.1) is 0 Å². The molecule has 4 rings (SSSR count). The molecule has 4 aromatic rings. The number of hydrogen-bond donors (Lipinski definition) is 1. The summed E-state index contributed by atoms with van der Waals surface area (Å²) in [6.07, 6.45) is 5.45. The van der Waals surface area contributed by atoms with Gasteiger partial charge in [-0.05, 0) is 48.0 Å². The Balaban J connectivity index is 1.89. The van der Waals surface area contributed by atoms with Gasteiger partial charge in [-0.2, -0.15) is 0 Å². The van der Waals surface area contributed by atoms with Gasteiger partial charge in [-0.1, -0.05) is 29.8 Å². The van der Waals surface area contributed by atoms with Crippen molar-refractivity contribution in [3.63, 3.8) is 0 Å². The molecule has 0 atom stereocenters. The van der Waals surface area contributed by atoms with Gasteiger partial charge in [0.1, 0.15) is 11.5 Å². The Morgan fingerprint density at radius 3 is 2.52 bits per heavy atom. The number of aliphatic imine (C=N–C) groups is 1. The summed E-state index contributed by atoms with van der Waals surface area (Å²) in [5.74, 6) is -0.309. The van der Waals surface area contributed by atoms with Crippen LogP contribution in [0.3, 0.4) is 0 Å². The maximum Gasteiger partial charge on any atom is 0.137 e. The van der Waals surface area contributed by atoms with Gasteiger partial charge < -0.3 is 5.73 Å². The normalized spacial score (nSPS) is 12.5. The van der Waals surface area contributed by atoms with Crippen molar-refractivity contribution >= 4 is 34.7 Å². The van der Waals surface area contributed by atoms with Crippen LogP contribution in [0.5, 0.6) is 0 Å². The second-order valence-corrected chi connectivity index (χ2v) is 6.90. The Morgan fingerprint density at radius 2 is 1.79 bits per heavy atom. The molecule has 2 N–H and O–H groups in total. The van der Waals surface area contributed by atoms with Gasteiger partial charge in [0.25, 0.3) is 0 Å². The van der Waals surface area contributed by atoms with Crippen molar-refractivity contribution in [3.05, 3.63) is 95.0 Å². The van der Waals surface area contributed by atoms with Gasteiger partial charge in [-0.25, -0.2) is 9.37 Å². The van der Waals surface area contributed by atoms with E-state index in [0.717, 1.165) is 33.6 Å². The van der Waals surface area contributed by atoms with Crippen LogP contribution in [0, 0.1) is 5.82 Å². The summed E-state index contributed by atoms with van der Waals surface area (Å²) in [5.41, 5.74) is 11.8. The van der Waals surface area contributed by atoms with Gasteiger partial charge in [0.05, 0.1) is 11.9 Å². The smallest absolute Gasteiger partial charge is 0.137 e. The highest BCUT2D eigenvalue weighted by Gasteiger charge is 2.12. The number of nitrogens with two attached hydrogens (primary N) is 1. The Kier molecular flexibility index (Phi) is 5.14. The lowest BCUT2D eigenvalue weighted by molar-refractivity contribution is 0.627. The summed E-state index contributed by atoms with van der Waals surface area (Å²) >= 11 is 6.39. The molecule has 2 aromatic heterocycles. The van der Waals surface area contributed by atoms with E-state index in [1.165, 1.54) is 12.1 Å². The zero-order valence-corrected chi connectivity index (χ0v) is 16.4. The van der Waals surface area contributed by atoms with E-state index in [1.807, 2.05) is 47.0 Å². The number of hydrogen-bond acceptors (Lipinski definition) is 3. The molecule has 0 saturated carbocycles. The Hall–Kier alpha value is -3.44. The first-order chi connectivity index (χ1) is 14.1. The van der Waals surface area contributed by atoms with Gasteiger partial charge in [0.15, 0.2) is 0 Å². The molecule has 0 aliphatic rings. The number of aromatic nitrogens is 2. The maximum atomic E-state index is 13.3. The lowest BCUT2D eigenvalue weighted by atomic mass is 10.0. The Labute approximate surface area is 172 Å². The number of halogens is 2. The molecule has 6 heteroatoms. The van der Waals surface area contributed by atoms with Gasteiger partial charge in [0, 0.05) is 46.9 Å². The van der Waals surface area contributed by atoms with E-state index in [-0.39, 0.29) is 5.82 Å². The molecule has 0 aliphatic heterocycles. The second kappa shape index (κ2) is 7.89. The number of nitrogens with zero attached hydrogens (tertiary/aromatic N) is 3. The molecular weight excluding hydrogens is 387 g/mol. The highest BCUT2D eigenvalue weighted by Crippen LogP contribution is 2.29. The maximum absolute atomic E-state index is 13.3. The van der Waals surface area contributed by atoms with E-state index in [2.05, 4.69) is 9.98 Å². The number of fused-ring (bicyclic) bond motifs is 1. The first-order valence-corrected chi connectivity index (χ1v) is 9.36. The van der Waals surface area contributed by atoms with Crippen molar-refractivity contribution in [2.45, 2.75) is 0 Å². The molecule has 0 fully saturated rings. The summed E-state index contributed by atoms with van der Waals surface area (Å²) < 4.78 is 15.3. The van der Waals surface area contributed by atoms with Gasteiger partial charge >= 0.3 is 0 Å². The monoisotopic (exact) mass is 404 g/mol. The largest absolute Gasteiger partial charge is 0.398 e. The van der Waals surface area contributed by atoms with E-state index in [0.29, 0.717) is 10.7 Å². The van der Waals surface area contributed by atoms with Crippen LogP contribution in [-0.4, -0.2) is 22.6 Å². The van der Waals surface area contributed by atoms with Crippen molar-refractivity contribution in [3.8, 4) is 11.3 Å². The number of rotatable bonds is 4. The summed E-state index contributed by atoms with van der Waals surface area (Å²) in [6.45, 7) is 0. The minimum absolute atomic E-state index is 0.309. The van der Waals surface area contributed by atoms with Crippen LogP contribution in [0.15, 0.2) is 78.0 Å². The number of allylic oxidation sites excluding steroid dienone is 1. The molecule has 0 saturated heterocycles. The fourth-order valence-corrected chi connectivity index (χ4v) is 3.45. The fourth-order valence-electron chi connectivity index (χ4n) is 3.22. The highest BCUT2D eigenvalue weighted by molar-refractivity contribution is 6.33. The molecule has 0 aliphatic carbocycles. The number of pyridine rings is 1. The lowest BCUT2D eigenvalue weighted by Crippen LogP contribution is -2.04. The van der Waals surface area contributed by atoms with Crippen molar-refractivity contribution in [2.75, 3.05) is 7.05 Å². The highest BCUT2D eigenvalue weighted by atomic mass is 35.5. The fraction of sp³-hybridized carbons (Fsp3) is 0.0435. The first-order valence-electron chi connectivity index (χ1n) is 8.98. The van der Waals surface area contributed by atoms with Crippen LogP contribution in [0.1, 0.15) is 11.1 Å². The molecular formula is C23H18ClFN4. The van der Waals surface area contributed by atoms with Gasteiger partial charge in [-0.3, -0.25) is 9.39 Å². The summed E-state index contributed by atoms with van der Waals surface area (Å²) in [6, 6.07) is 17.6. The molecule has 0 radical (unpaired) electrons. The zero-order chi connectivity index (χ0) is 20.4. The lowest BCUT2D eigenvalue weighted by Gasteiger charge is -2.11. The second-order valence-electron chi connectivity index (χ2n) is 6.49. The molecule has 0 unspecified atom stereocenters. The van der Waals surface area contributed by atoms with E-state index in [9.17, 15) is 4.39 Å². The molecule has 0 spiro atoms. The molecule has 2 aromatic carbocycles. The minimum atomic E-state index is -0.309. The molecule has 0 amide bonds. The van der Waals surface area contributed by atoms with Crippen molar-refractivity contribution < 1.29 is 4.39 Å². The van der Waals surface area contributed by atoms with Crippen molar-refractivity contribution in [1.82, 2.24) is 9.38 Å². The van der Waals surface area contributed by atoms with Crippen molar-refractivity contribution in [2.24, 2.45) is 10.7 Å². The van der Waals surface area contributed by atoms with E-state index in [4.69, 9.17) is 17.3 Å². The van der Waals surface area contributed by atoms with E-state index < -0.39 is 0 Å². The molecule has 0 bridgehead atoms. The van der Waals surface area contributed by atoms with Crippen LogP contribution in [-0.2, 0) is 0 Å². The summed E-state index contributed by atoms with van der Waals surface area (Å²) in [7, 11) is 1.68. The minimum Gasteiger partial charge on any atom is -0.398 e. The molecule has 144 valence electrons. The molecule has 29 heavy (non-hydrogen) atoms. The average Bonchev–Trinajstić information content (AvgIpc) is 3.15. The van der Waals surface area contributed by atoms with Crippen LogP contribution in [0.2, 0.25) is 5.02 Å². The van der Waals surface area contributed by atoms with Crippen LogP contribution in [0.4, 0.5) is 4.39 Å². The van der Waals surface area contributed by atoms with Crippen LogP contribution < -0.4 is 5.73 Å². The zero-order valence-electron chi connectivity index (χ0n) is 15.7. The van der Waals surface area contributed by atoms with Crippen molar-refractivity contribution in [1.29, 1.82) is 0 Å². The van der Waals surface area contributed by atoms with Gasteiger partial charge in [0.2, 0.25) is 0 Å². The molecule has 4 nitrogen and oxygen atoms in total. The quantitative estimate of drug-likeness (QED) is 0.468. The van der Waals surface area contributed by atoms with E-state index >= 15 is 0 Å². The average molecular weight is 405 g/mol. The predicted molar refractivity (Wildman–Crippen MR) is 117 cm³/mol. The SMILES string of the molecule is CN=CC(=C(N)c1ccc(F)cc1)c1ccc2ncc(-c3ccccc3Cl)n2c1. The van der Waals surface area contributed by atoms with E-state index in [1.54, 1.807) is 31.6 Å². The summed E-state index contributed by atoms with van der Waals surface area (Å²) in [4.78, 5) is 8.63. The van der Waals surface area contributed by atoms with Crippen LogP contribution >= 0.6 is 11.6 Å². The predicted octanol–water partition coefficient (Wildman–Crippen LogP) is 5.32. The first kappa shape index (κ1) is 18.9. The molecule has 2 heterocycles.